The molecule has 0 saturated carbocycles. The summed E-state index contributed by atoms with van der Waals surface area (Å²) in [5.74, 6) is -2.40. The molecule has 0 aromatic carbocycles. The zero-order valence-corrected chi connectivity index (χ0v) is 37.7. The molecule has 0 bridgehead atoms. The molecule has 0 heterocycles. The Bertz CT molecular complexity index is 1230. The van der Waals surface area contributed by atoms with Crippen molar-refractivity contribution in [2.75, 3.05) is 19.8 Å². The lowest BCUT2D eigenvalue weighted by Gasteiger charge is -2.18. The van der Waals surface area contributed by atoms with Gasteiger partial charge in [-0.15, -0.1) is 0 Å². The quantitative estimate of drug-likeness (QED) is 0.0201. The average Bonchev–Trinajstić information content (AvgIpc) is 3.21. The Labute approximate surface area is 357 Å². The molecule has 0 spiro atoms. The van der Waals surface area contributed by atoms with E-state index < -0.39 is 57.6 Å². The van der Waals surface area contributed by atoms with Crippen LogP contribution in [0.5, 0.6) is 0 Å². The number of carboxylic acid groups (broad SMARTS) is 1. The predicted octanol–water partition coefficient (Wildman–Crippen LogP) is 11.9. The fourth-order valence-electron chi connectivity index (χ4n) is 6.01. The monoisotopic (exact) mass is 852 g/mol. The molecule has 3 unspecified atom stereocenters. The fraction of sp³-hybridized carbons (Fsp3) is 0.723. The normalized spacial score (nSPS) is 14.2. The number of nitrogens with one attached hydrogen (secondary N) is 1. The van der Waals surface area contributed by atoms with Crippen LogP contribution in [0.25, 0.3) is 0 Å². The summed E-state index contributed by atoms with van der Waals surface area (Å²) in [5.41, 5.74) is 0. The first-order valence-corrected chi connectivity index (χ1v) is 24.3. The second kappa shape index (κ2) is 41.9. The maximum atomic E-state index is 12.3. The van der Waals surface area contributed by atoms with E-state index in [1.807, 2.05) is 0 Å². The van der Waals surface area contributed by atoms with Crippen molar-refractivity contribution in [2.24, 2.45) is 0 Å². The van der Waals surface area contributed by atoms with Crippen LogP contribution < -0.4 is 5.32 Å². The molecule has 0 saturated heterocycles. The van der Waals surface area contributed by atoms with Gasteiger partial charge in [0.25, 0.3) is 0 Å². The number of carboxylic acids is 1. The van der Waals surface area contributed by atoms with E-state index in [1.165, 1.54) is 51.4 Å². The van der Waals surface area contributed by atoms with E-state index in [-0.39, 0.29) is 12.8 Å². The molecule has 0 aromatic rings. The number of carbonyl (C=O) groups is 3. The fourth-order valence-corrected chi connectivity index (χ4v) is 6.78. The Balaban J connectivity index is 3.91. The van der Waals surface area contributed by atoms with E-state index in [2.05, 4.69) is 79.9 Å². The number of esters is 1. The number of aliphatic hydroxyl groups is 1. The van der Waals surface area contributed by atoms with Crippen molar-refractivity contribution in [3.8, 4) is 0 Å². The topological polar surface area (TPSA) is 169 Å². The van der Waals surface area contributed by atoms with E-state index in [0.29, 0.717) is 12.8 Å². The number of aliphatic hydroxyl groups excluding tert-OH is 1. The first kappa shape index (κ1) is 56.2. The third kappa shape index (κ3) is 41.7. The van der Waals surface area contributed by atoms with Crippen LogP contribution >= 0.6 is 7.82 Å². The van der Waals surface area contributed by atoms with Crippen molar-refractivity contribution in [1.82, 2.24) is 5.32 Å². The number of ether oxygens (including phenoxy) is 1. The predicted molar refractivity (Wildman–Crippen MR) is 240 cm³/mol. The zero-order chi connectivity index (χ0) is 43.5. The van der Waals surface area contributed by atoms with Gasteiger partial charge in [-0.2, -0.15) is 0 Å². The summed E-state index contributed by atoms with van der Waals surface area (Å²) in [7, 11) is -4.76. The Kier molecular flexibility index (Phi) is 39.9. The van der Waals surface area contributed by atoms with Gasteiger partial charge in [-0.3, -0.25) is 18.6 Å². The van der Waals surface area contributed by atoms with Crippen LogP contribution in [0.4, 0.5) is 0 Å². The van der Waals surface area contributed by atoms with Crippen molar-refractivity contribution in [3.05, 3.63) is 60.8 Å². The number of allylic oxidation sites excluding steroid dienone is 10. The van der Waals surface area contributed by atoms with Gasteiger partial charge in [0, 0.05) is 12.8 Å². The van der Waals surface area contributed by atoms with Crippen LogP contribution in [-0.2, 0) is 32.7 Å². The summed E-state index contributed by atoms with van der Waals surface area (Å²) < 4.78 is 26.9. The van der Waals surface area contributed by atoms with Crippen LogP contribution in [0.2, 0.25) is 0 Å². The van der Waals surface area contributed by atoms with Gasteiger partial charge >= 0.3 is 19.8 Å². The zero-order valence-electron chi connectivity index (χ0n) is 36.8. The lowest BCUT2D eigenvalue weighted by Crippen LogP contribution is -2.43. The molecule has 11 nitrogen and oxygen atoms in total. The largest absolute Gasteiger partial charge is 0.480 e. The maximum absolute atomic E-state index is 12.3. The third-order valence-electron chi connectivity index (χ3n) is 9.54. The third-order valence-corrected chi connectivity index (χ3v) is 10.5. The first-order chi connectivity index (χ1) is 28.6. The molecule has 0 aliphatic carbocycles. The number of aliphatic carboxylic acids is 1. The lowest BCUT2D eigenvalue weighted by molar-refractivity contribution is -0.147. The Morgan fingerprint density at radius 3 is 1.47 bits per heavy atom. The van der Waals surface area contributed by atoms with Crippen LogP contribution in [0.15, 0.2) is 60.8 Å². The highest BCUT2D eigenvalue weighted by molar-refractivity contribution is 7.47. The molecule has 0 aromatic heterocycles. The van der Waals surface area contributed by atoms with Crippen molar-refractivity contribution in [2.45, 2.75) is 199 Å². The molecule has 3 atom stereocenters. The number of amides is 1. The Hall–Kier alpha value is -2.82. The molecule has 1 amide bonds. The smallest absolute Gasteiger partial charge is 0.472 e. The summed E-state index contributed by atoms with van der Waals surface area (Å²) in [4.78, 5) is 46.0. The van der Waals surface area contributed by atoms with E-state index >= 15 is 0 Å². The van der Waals surface area contributed by atoms with Crippen molar-refractivity contribution < 1.29 is 47.8 Å². The first-order valence-electron chi connectivity index (χ1n) is 22.8. The van der Waals surface area contributed by atoms with Crippen molar-refractivity contribution in [3.63, 3.8) is 0 Å². The highest BCUT2D eigenvalue weighted by atomic mass is 31.2. The van der Waals surface area contributed by atoms with E-state index in [1.54, 1.807) is 0 Å². The average molecular weight is 852 g/mol. The molecule has 59 heavy (non-hydrogen) atoms. The van der Waals surface area contributed by atoms with Crippen LogP contribution in [0, 0.1) is 0 Å². The second-order valence-electron chi connectivity index (χ2n) is 15.2. The number of rotatable bonds is 42. The number of hydrogen-bond donors (Lipinski definition) is 4. The van der Waals surface area contributed by atoms with E-state index in [9.17, 15) is 34.1 Å². The summed E-state index contributed by atoms with van der Waals surface area (Å²) in [6.07, 6.45) is 48.1. The molecule has 4 N–H and O–H groups in total. The molecular weight excluding hydrogens is 769 g/mol. The van der Waals surface area contributed by atoms with Crippen LogP contribution in [0.1, 0.15) is 187 Å². The SMILES string of the molecule is CC/C=C\C/C=C\C/C=C\CCCCCCCCCC(=O)NC(COP(=O)(O)OCC(O)COC(=O)CCCCCCCCC/C=C\C/C=C\CCCCCC)C(=O)O. The van der Waals surface area contributed by atoms with Gasteiger partial charge in [0.15, 0.2) is 6.04 Å². The van der Waals surface area contributed by atoms with E-state index in [0.717, 1.165) is 96.3 Å². The minimum absolute atomic E-state index is 0.131. The molecule has 0 rings (SSSR count). The summed E-state index contributed by atoms with van der Waals surface area (Å²) in [5, 5.41) is 21.8. The van der Waals surface area contributed by atoms with Gasteiger partial charge in [-0.05, 0) is 77.0 Å². The number of carbonyl (C=O) groups excluding carboxylic acids is 2. The van der Waals surface area contributed by atoms with Gasteiger partial charge in [0.1, 0.15) is 12.7 Å². The van der Waals surface area contributed by atoms with Gasteiger partial charge in [0.2, 0.25) is 5.91 Å². The van der Waals surface area contributed by atoms with Crippen molar-refractivity contribution >= 4 is 25.7 Å². The summed E-state index contributed by atoms with van der Waals surface area (Å²) in [6.45, 7) is 2.45. The van der Waals surface area contributed by atoms with Gasteiger partial charge in [-0.1, -0.05) is 158 Å². The second-order valence-corrected chi connectivity index (χ2v) is 16.7. The Morgan fingerprint density at radius 1 is 0.559 bits per heavy atom. The molecule has 0 fully saturated rings. The molecule has 0 radical (unpaired) electrons. The highest BCUT2D eigenvalue weighted by Gasteiger charge is 2.28. The van der Waals surface area contributed by atoms with Gasteiger partial charge in [0.05, 0.1) is 13.2 Å². The number of phosphoric ester groups is 1. The van der Waals surface area contributed by atoms with Crippen LogP contribution in [0.3, 0.4) is 0 Å². The molecule has 0 aliphatic heterocycles. The van der Waals surface area contributed by atoms with E-state index in [4.69, 9.17) is 13.8 Å². The molecule has 0 aliphatic rings. The standard InChI is InChI=1S/C47H82NO10P/c1-3-5-7-9-11-13-15-17-19-21-23-25-27-29-31-33-35-37-39-46(51)56-40-43(49)41-57-59(54,55)58-42-44(47(52)53)48-45(50)38-36-34-32-30-28-26-24-22-20-18-16-14-12-10-8-6-4-2/h6,8,12-15,18-21,43-44,49H,3-5,7,9-11,16-17,22-42H2,1-2H3,(H,48,50)(H,52,53)(H,54,55)/b8-6-,14-12-,15-13-,20-18-,21-19-. The molecule has 340 valence electrons. The van der Waals surface area contributed by atoms with Gasteiger partial charge in [-0.25, -0.2) is 9.36 Å². The lowest BCUT2D eigenvalue weighted by atomic mass is 10.1. The number of unbranched alkanes of at least 4 members (excludes halogenated alkanes) is 18. The molecule has 12 heteroatoms. The number of hydrogen-bond acceptors (Lipinski definition) is 8. The highest BCUT2D eigenvalue weighted by Crippen LogP contribution is 2.43. The number of phosphoric acid groups is 1. The summed E-state index contributed by atoms with van der Waals surface area (Å²) >= 11 is 0. The Morgan fingerprint density at radius 2 is 0.983 bits per heavy atom. The molecular formula is C47H82NO10P. The van der Waals surface area contributed by atoms with Crippen LogP contribution in [-0.4, -0.2) is 64.9 Å². The minimum atomic E-state index is -4.76. The minimum Gasteiger partial charge on any atom is -0.480 e. The van der Waals surface area contributed by atoms with Crippen molar-refractivity contribution in [1.29, 1.82) is 0 Å². The maximum Gasteiger partial charge on any atom is 0.472 e. The summed E-state index contributed by atoms with van der Waals surface area (Å²) in [6, 6.07) is -1.56. The van der Waals surface area contributed by atoms with Gasteiger partial charge < -0.3 is 25.2 Å².